The summed E-state index contributed by atoms with van der Waals surface area (Å²) in [6.07, 6.45) is 5.65. The summed E-state index contributed by atoms with van der Waals surface area (Å²) < 4.78 is 0. The fraction of sp³-hybridized carbons (Fsp3) is 0. The van der Waals surface area contributed by atoms with Crippen molar-refractivity contribution in [1.82, 2.24) is 19.9 Å². The van der Waals surface area contributed by atoms with E-state index in [2.05, 4.69) is 40.3 Å². The van der Waals surface area contributed by atoms with Gasteiger partial charge in [0, 0.05) is 33.2 Å². The molecule has 8 bridgehead atoms. The van der Waals surface area contributed by atoms with Crippen molar-refractivity contribution in [3.05, 3.63) is 144 Å². The summed E-state index contributed by atoms with van der Waals surface area (Å²) in [6, 6.07) is 40.1. The third-order valence-corrected chi connectivity index (χ3v) is 8.04. The maximum atomic E-state index is 12.8. The molecule has 2 aliphatic heterocycles. The summed E-state index contributed by atoms with van der Waals surface area (Å²) in [4.78, 5) is 29.9. The van der Waals surface area contributed by atoms with Crippen LogP contribution in [0.25, 0.3) is 79.2 Å². The number of nitrogens with one attached hydrogen (secondary N) is 2. The van der Waals surface area contributed by atoms with Crippen LogP contribution in [0.2, 0.25) is 0 Å². The van der Waals surface area contributed by atoms with Crippen LogP contribution < -0.4 is 0 Å². The molecule has 0 radical (unpaired) electrons. The van der Waals surface area contributed by atoms with Gasteiger partial charge in [0.25, 0.3) is 0 Å². The Morgan fingerprint density at radius 2 is 1.09 bits per heavy atom. The quantitative estimate of drug-likeness (QED) is 0.193. The average Bonchev–Trinajstić information content (AvgIpc) is 3.87. The zero-order chi connectivity index (χ0) is 30.3. The first-order valence-electron chi connectivity index (χ1n) is 14.7. The highest BCUT2D eigenvalue weighted by Gasteiger charge is 2.26. The lowest BCUT2D eigenvalue weighted by molar-refractivity contribution is -0.130. The van der Waals surface area contributed by atoms with Crippen LogP contribution in [-0.4, -0.2) is 31.0 Å². The van der Waals surface area contributed by atoms with Gasteiger partial charge in [-0.3, -0.25) is 0 Å². The molecule has 3 N–H and O–H groups in total. The molecule has 45 heavy (non-hydrogen) atoms. The van der Waals surface area contributed by atoms with E-state index in [9.17, 15) is 9.90 Å². The molecule has 214 valence electrons. The van der Waals surface area contributed by atoms with Crippen LogP contribution in [0, 0.1) is 0 Å². The molecule has 0 saturated carbocycles. The number of aromatic amines is 2. The number of hydrogen-bond acceptors (Lipinski definition) is 3. The van der Waals surface area contributed by atoms with Crippen LogP contribution in [0.5, 0.6) is 0 Å². The van der Waals surface area contributed by atoms with E-state index in [-0.39, 0.29) is 5.57 Å². The lowest BCUT2D eigenvalue weighted by Crippen LogP contribution is -2.00. The van der Waals surface area contributed by atoms with E-state index < -0.39 is 5.97 Å². The number of benzene rings is 3. The highest BCUT2D eigenvalue weighted by Crippen LogP contribution is 2.44. The highest BCUT2D eigenvalue weighted by molar-refractivity contribution is 6.24. The van der Waals surface area contributed by atoms with E-state index in [1.165, 1.54) is 0 Å². The minimum Gasteiger partial charge on any atom is -0.478 e. The van der Waals surface area contributed by atoms with Gasteiger partial charge < -0.3 is 15.1 Å². The van der Waals surface area contributed by atoms with Crippen molar-refractivity contribution in [3.63, 3.8) is 0 Å². The van der Waals surface area contributed by atoms with E-state index in [4.69, 9.17) is 9.97 Å². The molecule has 0 amide bonds. The van der Waals surface area contributed by atoms with Gasteiger partial charge >= 0.3 is 5.97 Å². The van der Waals surface area contributed by atoms with Gasteiger partial charge in [-0.15, -0.1) is 0 Å². The summed E-state index contributed by atoms with van der Waals surface area (Å²) in [5.74, 6) is -1.04. The second-order valence-corrected chi connectivity index (χ2v) is 11.0. The van der Waals surface area contributed by atoms with Gasteiger partial charge in [0.15, 0.2) is 0 Å². The van der Waals surface area contributed by atoms with Gasteiger partial charge in [-0.2, -0.15) is 0 Å². The van der Waals surface area contributed by atoms with E-state index in [0.29, 0.717) is 17.0 Å². The number of nitrogens with zero attached hydrogens (tertiary/aromatic N) is 2. The Labute approximate surface area is 258 Å². The molecule has 6 nitrogen and oxygen atoms in total. The molecule has 6 aromatic rings. The lowest BCUT2D eigenvalue weighted by atomic mass is 9.92. The number of carboxylic acids is 1. The Kier molecular flexibility index (Phi) is 6.31. The minimum atomic E-state index is -1.04. The number of aliphatic carboxylic acids is 1. The monoisotopic (exact) mass is 582 g/mol. The second-order valence-electron chi connectivity index (χ2n) is 11.0. The van der Waals surface area contributed by atoms with Crippen LogP contribution in [-0.2, 0) is 4.79 Å². The molecule has 0 aliphatic carbocycles. The fourth-order valence-electron chi connectivity index (χ4n) is 6.10. The molecule has 0 saturated heterocycles. The molecule has 0 fully saturated rings. The summed E-state index contributed by atoms with van der Waals surface area (Å²) in [7, 11) is 0. The van der Waals surface area contributed by atoms with Crippen molar-refractivity contribution < 1.29 is 9.90 Å². The van der Waals surface area contributed by atoms with Crippen LogP contribution >= 0.6 is 0 Å². The lowest BCUT2D eigenvalue weighted by Gasteiger charge is -2.11. The van der Waals surface area contributed by atoms with Crippen molar-refractivity contribution in [2.75, 3.05) is 0 Å². The van der Waals surface area contributed by atoms with Crippen molar-refractivity contribution in [2.24, 2.45) is 0 Å². The van der Waals surface area contributed by atoms with Crippen LogP contribution in [0.1, 0.15) is 22.8 Å². The third kappa shape index (κ3) is 4.84. The standard InChI is InChI=1S/C39H26N4O2/c44-39(45)32-22-31-21-29-17-16-27(40-29)20-28-18-19-30(41-28)23-33-34(24-10-4-1-5-11-24)35(25-12-6-2-7-13-25)38(43-33)36(37(32)42-31)26-14-8-3-9-15-26/h1-23,40,43H,(H,44,45). The topological polar surface area (TPSA) is 94.7 Å². The molecule has 8 rings (SSSR count). The number of rotatable bonds is 4. The first-order chi connectivity index (χ1) is 22.1. The third-order valence-electron chi connectivity index (χ3n) is 8.04. The predicted octanol–water partition coefficient (Wildman–Crippen LogP) is 9.11. The Morgan fingerprint density at radius 1 is 0.556 bits per heavy atom. The van der Waals surface area contributed by atoms with Gasteiger partial charge in [0.1, 0.15) is 0 Å². The normalized spacial score (nSPS) is 12.2. The summed E-state index contributed by atoms with van der Waals surface area (Å²) in [5, 5.41) is 10.5. The Morgan fingerprint density at radius 3 is 1.69 bits per heavy atom. The fourth-order valence-corrected chi connectivity index (χ4v) is 6.10. The average molecular weight is 583 g/mol. The summed E-state index contributed by atoms with van der Waals surface area (Å²) >= 11 is 0. The predicted molar refractivity (Wildman–Crippen MR) is 182 cm³/mol. The van der Waals surface area contributed by atoms with Crippen LogP contribution in [0.4, 0.5) is 0 Å². The van der Waals surface area contributed by atoms with E-state index >= 15 is 0 Å². The van der Waals surface area contributed by atoms with Crippen LogP contribution in [0.15, 0.2) is 121 Å². The summed E-state index contributed by atoms with van der Waals surface area (Å²) in [5.41, 5.74) is 11.5. The Bertz CT molecular complexity index is 2330. The molecule has 0 spiro atoms. The van der Waals surface area contributed by atoms with Crippen molar-refractivity contribution in [1.29, 1.82) is 0 Å². The van der Waals surface area contributed by atoms with Crippen molar-refractivity contribution >= 4 is 51.8 Å². The SMILES string of the molecule is O=C(O)C1=Cc2cc3ccc(cc4nc(cc5[nH]c(c(-c6ccccc6)c1n2)c(-c1ccccc1)c5-c1ccccc1)C=C4)[nH]3. The summed E-state index contributed by atoms with van der Waals surface area (Å²) in [6.45, 7) is 0. The number of carbonyl (C=O) groups is 1. The van der Waals surface area contributed by atoms with Gasteiger partial charge in [-0.25, -0.2) is 14.8 Å². The minimum absolute atomic E-state index is 0.130. The highest BCUT2D eigenvalue weighted by atomic mass is 16.4. The zero-order valence-corrected chi connectivity index (χ0v) is 24.0. The van der Waals surface area contributed by atoms with Crippen molar-refractivity contribution in [3.8, 4) is 33.4 Å². The Balaban J connectivity index is 1.65. The van der Waals surface area contributed by atoms with E-state index in [1.807, 2.05) is 103 Å². The molecule has 0 unspecified atom stereocenters. The molecule has 6 heteroatoms. The largest absolute Gasteiger partial charge is 0.478 e. The number of H-pyrrole nitrogens is 2. The maximum Gasteiger partial charge on any atom is 0.337 e. The smallest absolute Gasteiger partial charge is 0.337 e. The number of aromatic nitrogens is 4. The number of carboxylic acid groups (broad SMARTS) is 1. The van der Waals surface area contributed by atoms with Crippen LogP contribution in [0.3, 0.4) is 0 Å². The molecule has 2 aliphatic rings. The van der Waals surface area contributed by atoms with Gasteiger partial charge in [-0.1, -0.05) is 91.0 Å². The molecular formula is C39H26N4O2. The van der Waals surface area contributed by atoms with Gasteiger partial charge in [-0.05, 0) is 65.3 Å². The van der Waals surface area contributed by atoms with E-state index in [0.717, 1.165) is 61.3 Å². The van der Waals surface area contributed by atoms with Gasteiger partial charge in [0.2, 0.25) is 0 Å². The number of fused-ring (bicyclic) bond motifs is 8. The molecule has 3 aromatic heterocycles. The number of hydrogen-bond donors (Lipinski definition) is 3. The molecular weight excluding hydrogens is 556 g/mol. The first kappa shape index (κ1) is 26.4. The first-order valence-corrected chi connectivity index (χ1v) is 14.7. The molecule has 3 aromatic carbocycles. The Hall–Kier alpha value is -6.27. The molecule has 0 atom stereocenters. The van der Waals surface area contributed by atoms with Gasteiger partial charge in [0.05, 0.1) is 33.9 Å². The van der Waals surface area contributed by atoms with Crippen molar-refractivity contribution in [2.45, 2.75) is 0 Å². The molecule has 5 heterocycles. The zero-order valence-electron chi connectivity index (χ0n) is 24.0. The maximum absolute atomic E-state index is 12.8. The second kappa shape index (κ2) is 10.8. The van der Waals surface area contributed by atoms with E-state index in [1.54, 1.807) is 6.08 Å².